The summed E-state index contributed by atoms with van der Waals surface area (Å²) in [4.78, 5) is 24.4. The third-order valence-corrected chi connectivity index (χ3v) is 12.2. The maximum atomic E-state index is 12.4. The number of aliphatic hydroxyl groups excluding tert-OH is 2. The number of rotatable bonds is 49. The van der Waals surface area contributed by atoms with Gasteiger partial charge in [0.1, 0.15) is 0 Å². The van der Waals surface area contributed by atoms with Crippen LogP contribution < -0.4 is 5.32 Å². The summed E-state index contributed by atoms with van der Waals surface area (Å²) in [6.45, 7) is 4.85. The minimum atomic E-state index is -0.700. The lowest BCUT2D eigenvalue weighted by molar-refractivity contribution is -0.143. The Morgan fingerprint density at radius 2 is 0.852 bits per heavy atom. The molecule has 0 aromatic heterocycles. The van der Waals surface area contributed by atoms with Crippen LogP contribution in [0.4, 0.5) is 0 Å². The molecule has 61 heavy (non-hydrogen) atoms. The summed E-state index contributed by atoms with van der Waals surface area (Å²) in [5, 5.41) is 23.2. The van der Waals surface area contributed by atoms with E-state index in [-0.39, 0.29) is 18.5 Å². The van der Waals surface area contributed by atoms with Crippen LogP contribution in [0.25, 0.3) is 0 Å². The van der Waals surface area contributed by atoms with Crippen LogP contribution in [0, 0.1) is 0 Å². The van der Waals surface area contributed by atoms with Gasteiger partial charge < -0.3 is 20.3 Å². The lowest BCUT2D eigenvalue weighted by atomic mass is 10.0. The Kier molecular flexibility index (Phi) is 49.1. The quantitative estimate of drug-likeness (QED) is 0.0322. The largest absolute Gasteiger partial charge is 0.466 e. The predicted molar refractivity (Wildman–Crippen MR) is 264 cm³/mol. The first-order valence-corrected chi connectivity index (χ1v) is 26.7. The fourth-order valence-corrected chi connectivity index (χ4v) is 8.02. The van der Waals surface area contributed by atoms with Crippen molar-refractivity contribution < 1.29 is 24.5 Å². The zero-order valence-electron chi connectivity index (χ0n) is 40.6. The molecule has 0 aliphatic heterocycles. The molecule has 0 aromatic carbocycles. The molecular formula is C55H103NO5. The number of carbonyl (C=O) groups is 2. The van der Waals surface area contributed by atoms with Crippen LogP contribution in [0.3, 0.4) is 0 Å². The number of hydrogen-bond donors (Lipinski definition) is 3. The van der Waals surface area contributed by atoms with Gasteiger partial charge in [-0.05, 0) is 64.2 Å². The molecule has 0 bridgehead atoms. The number of esters is 1. The molecule has 0 rings (SSSR count). The zero-order chi connectivity index (χ0) is 44.4. The van der Waals surface area contributed by atoms with Crippen LogP contribution in [0.15, 0.2) is 36.5 Å². The summed E-state index contributed by atoms with van der Waals surface area (Å²) in [5.41, 5.74) is 0. The second-order valence-electron chi connectivity index (χ2n) is 18.2. The number of carbonyl (C=O) groups excluding carboxylic acids is 2. The molecule has 0 saturated carbocycles. The van der Waals surface area contributed by atoms with E-state index >= 15 is 0 Å². The molecule has 2 unspecified atom stereocenters. The summed E-state index contributed by atoms with van der Waals surface area (Å²) in [7, 11) is 0. The zero-order valence-corrected chi connectivity index (χ0v) is 40.6. The minimum absolute atomic E-state index is 0.0282. The fourth-order valence-electron chi connectivity index (χ4n) is 8.02. The lowest BCUT2D eigenvalue weighted by Crippen LogP contribution is -2.45. The SMILES string of the molecule is CCCC/C=C\CCCCCCCC(=O)OCCCCCCCC/C=C\C/C=C\CCC(=O)NC(CO)C(O)CCCCCCCCCCCCCCCCCCCCCC. The van der Waals surface area contributed by atoms with Crippen LogP contribution in [0.2, 0.25) is 0 Å². The highest BCUT2D eigenvalue weighted by Crippen LogP contribution is 2.16. The topological polar surface area (TPSA) is 95.9 Å². The summed E-state index contributed by atoms with van der Waals surface area (Å²) in [6, 6.07) is -0.586. The molecule has 358 valence electrons. The van der Waals surface area contributed by atoms with E-state index < -0.39 is 12.1 Å². The van der Waals surface area contributed by atoms with Gasteiger partial charge in [0, 0.05) is 12.8 Å². The molecule has 0 saturated heterocycles. The third kappa shape index (κ3) is 47.4. The number of nitrogens with one attached hydrogen (secondary N) is 1. The maximum Gasteiger partial charge on any atom is 0.305 e. The van der Waals surface area contributed by atoms with Crippen molar-refractivity contribution in [2.24, 2.45) is 0 Å². The average molecular weight is 858 g/mol. The van der Waals surface area contributed by atoms with Crippen molar-refractivity contribution in [2.75, 3.05) is 13.2 Å². The number of amides is 1. The molecule has 0 spiro atoms. The summed E-state index contributed by atoms with van der Waals surface area (Å²) >= 11 is 0. The second-order valence-corrected chi connectivity index (χ2v) is 18.2. The van der Waals surface area contributed by atoms with Crippen molar-refractivity contribution in [3.63, 3.8) is 0 Å². The van der Waals surface area contributed by atoms with Gasteiger partial charge in [-0.1, -0.05) is 237 Å². The number of unbranched alkanes of at least 4 members (excludes halogenated alkanes) is 32. The normalized spacial score (nSPS) is 12.9. The van der Waals surface area contributed by atoms with Gasteiger partial charge in [-0.25, -0.2) is 0 Å². The average Bonchev–Trinajstić information content (AvgIpc) is 3.26. The highest BCUT2D eigenvalue weighted by Gasteiger charge is 2.19. The standard InChI is InChI=1S/C55H103NO5/c1-3-5-7-9-11-13-15-16-17-18-19-20-21-22-24-28-31-35-39-43-47-53(58)52(51-57)56-54(59)48-44-40-36-32-29-25-23-26-30-34-38-42-46-50-61-55(60)49-45-41-37-33-27-14-12-10-8-6-4-2/h10,12,25,29,36,40,52-53,57-58H,3-9,11,13-24,26-28,30-35,37-39,41-51H2,1-2H3,(H,56,59)/b12-10-,29-25-,40-36-. The number of aliphatic hydroxyl groups is 2. The van der Waals surface area contributed by atoms with E-state index in [0.717, 1.165) is 51.4 Å². The molecule has 2 atom stereocenters. The van der Waals surface area contributed by atoms with E-state index in [2.05, 4.69) is 49.5 Å². The van der Waals surface area contributed by atoms with Gasteiger partial charge in [0.25, 0.3) is 0 Å². The third-order valence-electron chi connectivity index (χ3n) is 12.2. The number of allylic oxidation sites excluding steroid dienone is 6. The number of hydrogen-bond acceptors (Lipinski definition) is 5. The van der Waals surface area contributed by atoms with E-state index in [9.17, 15) is 19.8 Å². The van der Waals surface area contributed by atoms with Crippen molar-refractivity contribution in [1.82, 2.24) is 5.32 Å². The Bertz CT molecular complexity index is 993. The Labute approximate surface area is 379 Å². The van der Waals surface area contributed by atoms with Crippen molar-refractivity contribution in [3.05, 3.63) is 36.5 Å². The highest BCUT2D eigenvalue weighted by atomic mass is 16.5. The van der Waals surface area contributed by atoms with Crippen molar-refractivity contribution in [3.8, 4) is 0 Å². The van der Waals surface area contributed by atoms with Gasteiger partial charge >= 0.3 is 5.97 Å². The molecule has 0 fully saturated rings. The van der Waals surface area contributed by atoms with Gasteiger partial charge in [-0.2, -0.15) is 0 Å². The molecule has 1 amide bonds. The Balaban J connectivity index is 3.56. The van der Waals surface area contributed by atoms with Crippen LogP contribution >= 0.6 is 0 Å². The highest BCUT2D eigenvalue weighted by molar-refractivity contribution is 5.76. The molecule has 6 heteroatoms. The Morgan fingerprint density at radius 1 is 0.459 bits per heavy atom. The van der Waals surface area contributed by atoms with Gasteiger partial charge in [0.05, 0.1) is 25.4 Å². The number of ether oxygens (including phenoxy) is 1. The first kappa shape index (κ1) is 59.1. The smallest absolute Gasteiger partial charge is 0.305 e. The van der Waals surface area contributed by atoms with E-state index in [1.54, 1.807) is 0 Å². The second kappa shape index (κ2) is 50.7. The van der Waals surface area contributed by atoms with Crippen molar-refractivity contribution >= 4 is 11.9 Å². The van der Waals surface area contributed by atoms with Crippen LogP contribution in [0.5, 0.6) is 0 Å². The van der Waals surface area contributed by atoms with Crippen LogP contribution in [-0.2, 0) is 14.3 Å². The molecule has 0 heterocycles. The fraction of sp³-hybridized carbons (Fsp3) is 0.855. The van der Waals surface area contributed by atoms with Crippen LogP contribution in [-0.4, -0.2) is 47.4 Å². The van der Waals surface area contributed by atoms with E-state index in [1.165, 1.54) is 186 Å². The van der Waals surface area contributed by atoms with Gasteiger partial charge in [0.2, 0.25) is 5.91 Å². The van der Waals surface area contributed by atoms with Gasteiger partial charge in [-0.15, -0.1) is 0 Å². The molecule has 6 nitrogen and oxygen atoms in total. The Hall–Kier alpha value is -1.92. The maximum absolute atomic E-state index is 12.4. The summed E-state index contributed by atoms with van der Waals surface area (Å²) in [6.07, 6.45) is 61.3. The summed E-state index contributed by atoms with van der Waals surface area (Å²) in [5.74, 6) is -0.143. The molecule has 0 aliphatic carbocycles. The van der Waals surface area contributed by atoms with E-state index in [0.29, 0.717) is 32.3 Å². The monoisotopic (exact) mass is 858 g/mol. The van der Waals surface area contributed by atoms with E-state index in [1.807, 2.05) is 6.08 Å². The van der Waals surface area contributed by atoms with Crippen LogP contribution in [0.1, 0.15) is 277 Å². The van der Waals surface area contributed by atoms with Crippen molar-refractivity contribution in [2.45, 2.75) is 289 Å². The van der Waals surface area contributed by atoms with Gasteiger partial charge in [-0.3, -0.25) is 9.59 Å². The Morgan fingerprint density at radius 3 is 1.34 bits per heavy atom. The van der Waals surface area contributed by atoms with Crippen molar-refractivity contribution in [1.29, 1.82) is 0 Å². The molecule has 0 aliphatic rings. The first-order chi connectivity index (χ1) is 30.0. The minimum Gasteiger partial charge on any atom is -0.466 e. The molecular weight excluding hydrogens is 755 g/mol. The summed E-state index contributed by atoms with van der Waals surface area (Å²) < 4.78 is 5.43. The predicted octanol–water partition coefficient (Wildman–Crippen LogP) is 16.1. The van der Waals surface area contributed by atoms with Gasteiger partial charge in [0.15, 0.2) is 0 Å². The molecule has 0 radical (unpaired) electrons. The lowest BCUT2D eigenvalue weighted by Gasteiger charge is -2.22. The van der Waals surface area contributed by atoms with E-state index in [4.69, 9.17) is 4.74 Å². The molecule has 3 N–H and O–H groups in total. The first-order valence-electron chi connectivity index (χ1n) is 26.7. The molecule has 0 aromatic rings.